The second-order valence-corrected chi connectivity index (χ2v) is 6.35. The lowest BCUT2D eigenvalue weighted by Gasteiger charge is -2.27. The number of hydrogen-bond donors (Lipinski definition) is 2. The van der Waals surface area contributed by atoms with Crippen molar-refractivity contribution < 1.29 is 0 Å². The molecule has 0 heterocycles. The molecule has 0 aliphatic rings. The molecule has 108 valence electrons. The Kier molecular flexibility index (Phi) is 12.7. The van der Waals surface area contributed by atoms with Crippen molar-refractivity contribution in [2.75, 3.05) is 6.54 Å². The van der Waals surface area contributed by atoms with Crippen LogP contribution in [0.1, 0.15) is 72.1 Å². The number of hydrogen-bond acceptors (Lipinski definition) is 2. The maximum atomic E-state index is 4.85. The fourth-order valence-electron chi connectivity index (χ4n) is 2.65. The zero-order valence-electron chi connectivity index (χ0n) is 13.0. The fourth-order valence-corrected chi connectivity index (χ4v) is 3.12. The van der Waals surface area contributed by atoms with Crippen molar-refractivity contribution in [3.05, 3.63) is 0 Å². The molecule has 1 nitrogen and oxygen atoms in total. The average molecular weight is 271 g/mol. The molecule has 0 aromatic heterocycles. The van der Waals surface area contributed by atoms with E-state index in [1.165, 1.54) is 51.4 Å². The summed E-state index contributed by atoms with van der Waals surface area (Å²) in [5.74, 6) is 1.46. The van der Waals surface area contributed by atoms with Crippen LogP contribution >= 0.6 is 12.6 Å². The molecule has 0 bridgehead atoms. The first-order valence-corrected chi connectivity index (χ1v) is 8.51. The van der Waals surface area contributed by atoms with Crippen LogP contribution in [0.2, 0.25) is 0 Å². The van der Waals surface area contributed by atoms with Crippen LogP contribution in [0.15, 0.2) is 0 Å². The number of rotatable bonds is 12. The van der Waals surface area contributed by atoms with E-state index in [9.17, 15) is 0 Å². The van der Waals surface area contributed by atoms with E-state index in [2.05, 4.69) is 26.0 Å². The molecule has 3 atom stereocenters. The highest BCUT2D eigenvalue weighted by Gasteiger charge is 2.21. The minimum atomic E-state index is 0.554. The second kappa shape index (κ2) is 12.4. The van der Waals surface area contributed by atoms with Gasteiger partial charge in [0.25, 0.3) is 0 Å². The van der Waals surface area contributed by atoms with Crippen LogP contribution in [0.4, 0.5) is 0 Å². The van der Waals surface area contributed by atoms with Crippen LogP contribution in [0.5, 0.6) is 0 Å². The molecule has 0 rings (SSSR count). The van der Waals surface area contributed by atoms with Crippen molar-refractivity contribution in [3.8, 4) is 0 Å². The van der Waals surface area contributed by atoms with Crippen molar-refractivity contribution in [2.45, 2.75) is 77.4 Å². The van der Waals surface area contributed by atoms with Gasteiger partial charge in [0, 0.05) is 5.25 Å². The zero-order valence-corrected chi connectivity index (χ0v) is 13.9. The molecule has 3 unspecified atom stereocenters. The molecule has 0 saturated heterocycles. The number of unbranched alkanes of at least 4 members (excludes halogenated alkanes) is 5. The first kappa shape index (κ1) is 18.4. The Morgan fingerprint density at radius 3 is 2.22 bits per heavy atom. The quantitative estimate of drug-likeness (QED) is 0.312. The van der Waals surface area contributed by atoms with Gasteiger partial charge < -0.3 is 5.23 Å². The predicted octanol–water partition coefficient (Wildman–Crippen LogP) is 3.84. The van der Waals surface area contributed by atoms with Gasteiger partial charge in [-0.1, -0.05) is 65.7 Å². The molecule has 0 radical (unpaired) electrons. The third-order valence-corrected chi connectivity index (χ3v) is 5.00. The summed E-state index contributed by atoms with van der Waals surface area (Å²) in [6, 6.07) is 0. The van der Waals surface area contributed by atoms with Gasteiger partial charge in [-0.3, -0.25) is 0 Å². The molecular weight excluding hydrogens is 237 g/mol. The van der Waals surface area contributed by atoms with E-state index in [0.717, 1.165) is 12.5 Å². The van der Waals surface area contributed by atoms with Crippen molar-refractivity contribution >= 4 is 20.6 Å². The van der Waals surface area contributed by atoms with E-state index < -0.39 is 0 Å². The van der Waals surface area contributed by atoms with Crippen molar-refractivity contribution in [2.24, 2.45) is 11.8 Å². The third kappa shape index (κ3) is 8.47. The normalized spacial score (nSPS) is 16.4. The van der Waals surface area contributed by atoms with Crippen LogP contribution in [-0.2, 0) is 0 Å². The summed E-state index contributed by atoms with van der Waals surface area (Å²) in [7, 11) is 2.04. The summed E-state index contributed by atoms with van der Waals surface area (Å²) >= 11 is 4.85. The maximum Gasteiger partial charge on any atom is 0.181 e. The monoisotopic (exact) mass is 271 g/mol. The Morgan fingerprint density at radius 2 is 1.67 bits per heavy atom. The van der Waals surface area contributed by atoms with Gasteiger partial charge in [0.1, 0.15) is 0 Å². The van der Waals surface area contributed by atoms with E-state index in [4.69, 9.17) is 12.6 Å². The third-order valence-electron chi connectivity index (χ3n) is 4.07. The molecule has 3 heteroatoms. The van der Waals surface area contributed by atoms with E-state index in [-0.39, 0.29) is 0 Å². The van der Waals surface area contributed by atoms with E-state index in [0.29, 0.717) is 11.2 Å². The Bertz CT molecular complexity index is 178. The minimum Gasteiger partial charge on any atom is -0.362 e. The van der Waals surface area contributed by atoms with Crippen LogP contribution < -0.4 is 5.23 Å². The minimum absolute atomic E-state index is 0.554. The lowest BCUT2D eigenvalue weighted by atomic mass is 9.89. The zero-order chi connectivity index (χ0) is 13.8. The lowest BCUT2D eigenvalue weighted by Crippen LogP contribution is -2.30. The van der Waals surface area contributed by atoms with Gasteiger partial charge in [-0.25, -0.2) is 0 Å². The standard InChI is InChI=1S/C15H34BNS/c1-4-6-7-8-9-10-11-13(3)15(18)14(5-2)12-17-16/h13-15,17-18H,4-12,16H2,1-3H3. The highest BCUT2D eigenvalue weighted by Crippen LogP contribution is 2.26. The summed E-state index contributed by atoms with van der Waals surface area (Å²) < 4.78 is 0. The van der Waals surface area contributed by atoms with Gasteiger partial charge in [0.15, 0.2) is 7.98 Å². The van der Waals surface area contributed by atoms with Gasteiger partial charge in [-0.05, 0) is 24.8 Å². The smallest absolute Gasteiger partial charge is 0.181 e. The Balaban J connectivity index is 3.68. The van der Waals surface area contributed by atoms with Crippen molar-refractivity contribution in [1.29, 1.82) is 0 Å². The Morgan fingerprint density at radius 1 is 1.06 bits per heavy atom. The molecule has 0 aromatic rings. The first-order valence-electron chi connectivity index (χ1n) is 7.99. The van der Waals surface area contributed by atoms with Gasteiger partial charge in [-0.15, -0.1) is 0 Å². The van der Waals surface area contributed by atoms with Crippen molar-refractivity contribution in [1.82, 2.24) is 5.23 Å². The van der Waals surface area contributed by atoms with E-state index in [1.54, 1.807) is 0 Å². The molecule has 0 spiro atoms. The summed E-state index contributed by atoms with van der Waals surface area (Å²) in [5, 5.41) is 3.85. The summed E-state index contributed by atoms with van der Waals surface area (Å²) in [6.45, 7) is 8.04. The van der Waals surface area contributed by atoms with Gasteiger partial charge >= 0.3 is 0 Å². The predicted molar refractivity (Wildman–Crippen MR) is 90.3 cm³/mol. The summed E-state index contributed by atoms with van der Waals surface area (Å²) in [6.07, 6.45) is 11.0. The van der Waals surface area contributed by atoms with Gasteiger partial charge in [0.2, 0.25) is 0 Å². The van der Waals surface area contributed by atoms with E-state index >= 15 is 0 Å². The Hall–Kier alpha value is 0.375. The van der Waals surface area contributed by atoms with Crippen LogP contribution in [0, 0.1) is 11.8 Å². The topological polar surface area (TPSA) is 12.0 Å². The van der Waals surface area contributed by atoms with Gasteiger partial charge in [0.05, 0.1) is 0 Å². The molecule has 0 aliphatic carbocycles. The SMILES string of the molecule is BNCC(CC)C(S)C(C)CCCCCCCC. The largest absolute Gasteiger partial charge is 0.362 e. The second-order valence-electron chi connectivity index (χ2n) is 5.75. The van der Waals surface area contributed by atoms with Gasteiger partial charge in [-0.2, -0.15) is 12.6 Å². The molecule has 0 saturated carbocycles. The van der Waals surface area contributed by atoms with Crippen molar-refractivity contribution in [3.63, 3.8) is 0 Å². The molecule has 1 N–H and O–H groups in total. The molecule has 0 fully saturated rings. The Labute approximate surface area is 122 Å². The highest BCUT2D eigenvalue weighted by atomic mass is 32.1. The fraction of sp³-hybridized carbons (Fsp3) is 1.00. The van der Waals surface area contributed by atoms with Crippen LogP contribution in [0.25, 0.3) is 0 Å². The van der Waals surface area contributed by atoms with Crippen LogP contribution in [-0.4, -0.2) is 19.8 Å². The van der Waals surface area contributed by atoms with Crippen LogP contribution in [0.3, 0.4) is 0 Å². The number of nitrogens with one attached hydrogen (secondary N) is 1. The maximum absolute atomic E-state index is 4.85. The lowest BCUT2D eigenvalue weighted by molar-refractivity contribution is 0.370. The summed E-state index contributed by atoms with van der Waals surface area (Å²) in [5.41, 5.74) is 0. The van der Waals surface area contributed by atoms with E-state index in [1.807, 2.05) is 7.98 Å². The molecule has 0 amide bonds. The molecule has 18 heavy (non-hydrogen) atoms. The number of thiol groups is 1. The molecular formula is C15H34BNS. The average Bonchev–Trinajstić information content (AvgIpc) is 2.39. The first-order chi connectivity index (χ1) is 8.67. The molecule has 0 aromatic carbocycles. The molecule has 0 aliphatic heterocycles. The summed E-state index contributed by atoms with van der Waals surface area (Å²) in [4.78, 5) is 0. The highest BCUT2D eigenvalue weighted by molar-refractivity contribution is 7.81.